The molecule has 1 amide bonds. The van der Waals surface area contributed by atoms with Gasteiger partial charge in [-0.3, -0.25) is 9.69 Å². The molecule has 0 spiro atoms. The number of methoxy groups -OCH3 is 1. The molecule has 0 aliphatic carbocycles. The van der Waals surface area contributed by atoms with Crippen LogP contribution in [0.5, 0.6) is 5.75 Å². The molecule has 0 saturated heterocycles. The standard InChI is InChI=1S/C14H22N2O2/c1-4-15-14(17)11-16(5-2)10-12-7-6-8-13(9-12)18-3/h6-9H,4-5,10-11H2,1-3H3,(H,15,17). The van der Waals surface area contributed by atoms with Gasteiger partial charge < -0.3 is 10.1 Å². The number of hydrogen-bond acceptors (Lipinski definition) is 3. The van der Waals surface area contributed by atoms with E-state index in [1.165, 1.54) is 0 Å². The van der Waals surface area contributed by atoms with Gasteiger partial charge in [-0.25, -0.2) is 0 Å². The molecule has 18 heavy (non-hydrogen) atoms. The number of nitrogens with one attached hydrogen (secondary N) is 1. The van der Waals surface area contributed by atoms with Gasteiger partial charge in [0.05, 0.1) is 13.7 Å². The highest BCUT2D eigenvalue weighted by molar-refractivity contribution is 5.77. The van der Waals surface area contributed by atoms with Crippen LogP contribution < -0.4 is 10.1 Å². The van der Waals surface area contributed by atoms with E-state index >= 15 is 0 Å². The van der Waals surface area contributed by atoms with Crippen LogP contribution in [0, 0.1) is 0 Å². The second-order valence-electron chi connectivity index (χ2n) is 4.11. The van der Waals surface area contributed by atoms with Crippen molar-refractivity contribution in [3.63, 3.8) is 0 Å². The Morgan fingerprint density at radius 1 is 1.39 bits per heavy atom. The summed E-state index contributed by atoms with van der Waals surface area (Å²) in [5, 5.41) is 2.81. The molecule has 100 valence electrons. The van der Waals surface area contributed by atoms with Gasteiger partial charge in [-0.05, 0) is 31.2 Å². The molecular formula is C14H22N2O2. The molecular weight excluding hydrogens is 228 g/mol. The summed E-state index contributed by atoms with van der Waals surface area (Å²) >= 11 is 0. The zero-order valence-corrected chi connectivity index (χ0v) is 11.4. The van der Waals surface area contributed by atoms with Crippen LogP contribution in [0.4, 0.5) is 0 Å². The van der Waals surface area contributed by atoms with E-state index in [1.54, 1.807) is 7.11 Å². The van der Waals surface area contributed by atoms with Gasteiger partial charge in [0, 0.05) is 13.1 Å². The number of amides is 1. The van der Waals surface area contributed by atoms with Crippen molar-refractivity contribution >= 4 is 5.91 Å². The summed E-state index contributed by atoms with van der Waals surface area (Å²) in [5.41, 5.74) is 1.15. The molecule has 1 rings (SSSR count). The largest absolute Gasteiger partial charge is 0.497 e. The molecule has 0 aliphatic rings. The second-order valence-corrected chi connectivity index (χ2v) is 4.11. The summed E-state index contributed by atoms with van der Waals surface area (Å²) in [6.07, 6.45) is 0. The molecule has 0 radical (unpaired) electrons. The monoisotopic (exact) mass is 250 g/mol. The average Bonchev–Trinajstić information content (AvgIpc) is 2.38. The van der Waals surface area contributed by atoms with Crippen molar-refractivity contribution in [3.8, 4) is 5.75 Å². The summed E-state index contributed by atoms with van der Waals surface area (Å²) in [7, 11) is 1.66. The number of carbonyl (C=O) groups excluding carboxylic acids is 1. The van der Waals surface area contributed by atoms with Gasteiger partial charge in [0.15, 0.2) is 0 Å². The Labute approximate surface area is 109 Å². The first kappa shape index (κ1) is 14.5. The quantitative estimate of drug-likeness (QED) is 0.800. The maximum absolute atomic E-state index is 11.5. The third-order valence-corrected chi connectivity index (χ3v) is 2.73. The van der Waals surface area contributed by atoms with Gasteiger partial charge in [-0.1, -0.05) is 19.1 Å². The maximum Gasteiger partial charge on any atom is 0.234 e. The molecule has 0 aliphatic heterocycles. The minimum absolute atomic E-state index is 0.0715. The fourth-order valence-corrected chi connectivity index (χ4v) is 1.76. The van der Waals surface area contributed by atoms with Gasteiger partial charge in [0.2, 0.25) is 5.91 Å². The Morgan fingerprint density at radius 3 is 2.78 bits per heavy atom. The van der Waals surface area contributed by atoms with Crippen LogP contribution in [0.1, 0.15) is 19.4 Å². The maximum atomic E-state index is 11.5. The second kappa shape index (κ2) is 7.71. The van der Waals surface area contributed by atoms with Crippen molar-refractivity contribution in [1.82, 2.24) is 10.2 Å². The molecule has 1 aromatic carbocycles. The molecule has 0 aromatic heterocycles. The summed E-state index contributed by atoms with van der Waals surface area (Å²) < 4.78 is 5.19. The molecule has 1 N–H and O–H groups in total. The highest BCUT2D eigenvalue weighted by Gasteiger charge is 2.09. The van der Waals surface area contributed by atoms with Gasteiger partial charge >= 0.3 is 0 Å². The van der Waals surface area contributed by atoms with Crippen molar-refractivity contribution in [2.24, 2.45) is 0 Å². The first-order valence-electron chi connectivity index (χ1n) is 6.31. The Balaban J connectivity index is 2.58. The molecule has 0 bridgehead atoms. The molecule has 4 nitrogen and oxygen atoms in total. The van der Waals surface area contributed by atoms with Gasteiger partial charge in [-0.2, -0.15) is 0 Å². The van der Waals surface area contributed by atoms with Crippen LogP contribution in [0.3, 0.4) is 0 Å². The molecule has 0 fully saturated rings. The van der Waals surface area contributed by atoms with Gasteiger partial charge in [0.1, 0.15) is 5.75 Å². The van der Waals surface area contributed by atoms with E-state index in [0.717, 1.165) is 24.4 Å². The Hall–Kier alpha value is -1.55. The number of carbonyl (C=O) groups is 1. The van der Waals surface area contributed by atoms with Crippen LogP contribution in [-0.2, 0) is 11.3 Å². The van der Waals surface area contributed by atoms with Gasteiger partial charge in [-0.15, -0.1) is 0 Å². The van der Waals surface area contributed by atoms with E-state index in [-0.39, 0.29) is 5.91 Å². The van der Waals surface area contributed by atoms with Crippen LogP contribution in [0.25, 0.3) is 0 Å². The predicted molar refractivity (Wildman–Crippen MR) is 72.6 cm³/mol. The smallest absolute Gasteiger partial charge is 0.234 e. The van der Waals surface area contributed by atoms with E-state index in [2.05, 4.69) is 17.1 Å². The van der Waals surface area contributed by atoms with Crippen LogP contribution in [0.15, 0.2) is 24.3 Å². The fourth-order valence-electron chi connectivity index (χ4n) is 1.76. The minimum atomic E-state index is 0.0715. The topological polar surface area (TPSA) is 41.6 Å². The van der Waals surface area contributed by atoms with E-state index in [9.17, 15) is 4.79 Å². The van der Waals surface area contributed by atoms with E-state index in [4.69, 9.17) is 4.74 Å². The van der Waals surface area contributed by atoms with Crippen molar-refractivity contribution in [2.45, 2.75) is 20.4 Å². The third kappa shape index (κ3) is 4.75. The van der Waals surface area contributed by atoms with Crippen molar-refractivity contribution in [1.29, 1.82) is 0 Å². The lowest BCUT2D eigenvalue weighted by Gasteiger charge is -2.20. The summed E-state index contributed by atoms with van der Waals surface area (Å²) in [6.45, 7) is 6.69. The SMILES string of the molecule is CCNC(=O)CN(CC)Cc1cccc(OC)c1. The Bertz CT molecular complexity index is 380. The number of benzene rings is 1. The first-order valence-corrected chi connectivity index (χ1v) is 6.31. The minimum Gasteiger partial charge on any atom is -0.497 e. The zero-order chi connectivity index (χ0) is 13.4. The lowest BCUT2D eigenvalue weighted by Crippen LogP contribution is -2.36. The van der Waals surface area contributed by atoms with Crippen LogP contribution >= 0.6 is 0 Å². The first-order chi connectivity index (χ1) is 8.69. The van der Waals surface area contributed by atoms with Crippen molar-refractivity contribution < 1.29 is 9.53 Å². The lowest BCUT2D eigenvalue weighted by atomic mass is 10.2. The number of hydrogen-bond donors (Lipinski definition) is 1. The number of likely N-dealkylation sites (N-methyl/N-ethyl adjacent to an activating group) is 2. The highest BCUT2D eigenvalue weighted by Crippen LogP contribution is 2.14. The third-order valence-electron chi connectivity index (χ3n) is 2.73. The fraction of sp³-hybridized carbons (Fsp3) is 0.500. The molecule has 0 heterocycles. The summed E-state index contributed by atoms with van der Waals surface area (Å²) in [4.78, 5) is 13.6. The Morgan fingerprint density at radius 2 is 2.17 bits per heavy atom. The van der Waals surface area contributed by atoms with E-state index in [0.29, 0.717) is 13.1 Å². The lowest BCUT2D eigenvalue weighted by molar-refractivity contribution is -0.122. The molecule has 4 heteroatoms. The van der Waals surface area contributed by atoms with Crippen LogP contribution in [0.2, 0.25) is 0 Å². The van der Waals surface area contributed by atoms with Crippen molar-refractivity contribution in [2.75, 3.05) is 26.7 Å². The summed E-state index contributed by atoms with van der Waals surface area (Å²) in [5.74, 6) is 0.920. The van der Waals surface area contributed by atoms with Crippen LogP contribution in [-0.4, -0.2) is 37.6 Å². The normalized spacial score (nSPS) is 10.4. The molecule has 0 atom stereocenters. The molecule has 0 unspecified atom stereocenters. The number of nitrogens with zero attached hydrogens (tertiary/aromatic N) is 1. The molecule has 1 aromatic rings. The predicted octanol–water partition coefficient (Wildman–Crippen LogP) is 1.65. The zero-order valence-electron chi connectivity index (χ0n) is 11.4. The highest BCUT2D eigenvalue weighted by atomic mass is 16.5. The number of rotatable bonds is 7. The van der Waals surface area contributed by atoms with Crippen molar-refractivity contribution in [3.05, 3.63) is 29.8 Å². The van der Waals surface area contributed by atoms with E-state index in [1.807, 2.05) is 31.2 Å². The van der Waals surface area contributed by atoms with Gasteiger partial charge in [0.25, 0.3) is 0 Å². The average molecular weight is 250 g/mol. The Kier molecular flexibility index (Phi) is 6.22. The molecule has 0 saturated carbocycles. The number of ether oxygens (including phenoxy) is 1. The summed E-state index contributed by atoms with van der Waals surface area (Å²) in [6, 6.07) is 7.93. The van der Waals surface area contributed by atoms with E-state index < -0.39 is 0 Å².